The minimum atomic E-state index is -1.02. The third kappa shape index (κ3) is 5.09. The molecule has 1 aliphatic heterocycles. The Morgan fingerprint density at radius 3 is 1.42 bits per heavy atom. The van der Waals surface area contributed by atoms with Crippen molar-refractivity contribution in [3.8, 4) is 46.0 Å². The monoisotopic (exact) mass is 904 g/mol. The number of nitriles is 1. The molecule has 6 heterocycles. The first-order chi connectivity index (χ1) is 35.0. The Hall–Kier alpha value is -10.3. The summed E-state index contributed by atoms with van der Waals surface area (Å²) in [5.74, 6) is 1.44. The molecule has 13 aromatic rings. The van der Waals surface area contributed by atoms with Gasteiger partial charge in [0.1, 0.15) is 11.5 Å². The van der Waals surface area contributed by atoms with Crippen LogP contribution in [0.5, 0.6) is 11.5 Å². The second-order valence-electron chi connectivity index (χ2n) is 18.2. The van der Waals surface area contributed by atoms with Crippen LogP contribution in [0.4, 0.5) is 11.4 Å². The van der Waals surface area contributed by atoms with Crippen molar-refractivity contribution in [2.75, 3.05) is 0 Å². The summed E-state index contributed by atoms with van der Waals surface area (Å²) in [6.45, 7) is 15.7. The summed E-state index contributed by atoms with van der Waals surface area (Å²) in [5.41, 5.74) is 14.7. The molecule has 0 atom stereocenters. The number of para-hydroxylation sites is 4. The van der Waals surface area contributed by atoms with Gasteiger partial charge in [0.25, 0.3) is 0 Å². The summed E-state index contributed by atoms with van der Waals surface area (Å²) in [5, 5.41) is 16.1. The molecule has 1 aliphatic carbocycles. The van der Waals surface area contributed by atoms with E-state index in [-0.39, 0.29) is 0 Å². The van der Waals surface area contributed by atoms with Crippen molar-refractivity contribution in [2.45, 2.75) is 5.41 Å². The second-order valence-corrected chi connectivity index (χ2v) is 18.2. The van der Waals surface area contributed by atoms with E-state index in [1.165, 1.54) is 0 Å². The third-order valence-electron chi connectivity index (χ3n) is 14.8. The van der Waals surface area contributed by atoms with E-state index in [0.717, 1.165) is 122 Å². The van der Waals surface area contributed by atoms with Crippen LogP contribution in [0.1, 0.15) is 27.8 Å². The highest BCUT2D eigenvalue weighted by atomic mass is 16.5. The lowest BCUT2D eigenvalue weighted by Crippen LogP contribution is -2.32. The maximum atomic E-state index is 9.99. The second kappa shape index (κ2) is 14.1. The lowest BCUT2D eigenvalue weighted by Gasteiger charge is -2.39. The number of ether oxygens (including phenoxy) is 1. The summed E-state index contributed by atoms with van der Waals surface area (Å²) in [7, 11) is 0. The molecule has 2 aliphatic rings. The molecule has 9 nitrogen and oxygen atoms in total. The maximum Gasteiger partial charge on any atom is 0.188 e. The van der Waals surface area contributed by atoms with E-state index >= 15 is 0 Å². The van der Waals surface area contributed by atoms with E-state index in [1.807, 2.05) is 97.3 Å². The minimum Gasteiger partial charge on any atom is -0.457 e. The number of aromatic nitrogens is 5. The number of hydrogen-bond acceptors (Lipinski definition) is 4. The Labute approximate surface area is 405 Å². The van der Waals surface area contributed by atoms with Gasteiger partial charge in [-0.05, 0) is 108 Å². The van der Waals surface area contributed by atoms with Crippen molar-refractivity contribution in [3.63, 3.8) is 0 Å². The Morgan fingerprint density at radius 1 is 0.423 bits per heavy atom. The molecule has 0 bridgehead atoms. The first-order valence-electron chi connectivity index (χ1n) is 23.2. The highest BCUT2D eigenvalue weighted by Crippen LogP contribution is 2.62. The van der Waals surface area contributed by atoms with Crippen LogP contribution in [0, 0.1) is 24.5 Å². The summed E-state index contributed by atoms with van der Waals surface area (Å²) in [6, 6.07) is 64.4. The molecule has 1 spiro atoms. The standard InChI is InChI=1S/C62H32N8O/c1-64-37-20-24-56-46(28-37)43-12-4-8-16-53(43)69(56)40-31-50-60(66-34-40)61-51(32-41(35-67-61)70-54-17-9-5-13-44(54)47-29-38(65-2)21-25-57(47)70)62(50)48-14-6-10-18-58(48)71-59-26-22-39(30-49(59)62)68-52-15-7-3-11-42(52)45-27-36(33-63)19-23-55(45)68/h3-32,34-35H. The van der Waals surface area contributed by atoms with Crippen LogP contribution in [-0.2, 0) is 5.41 Å². The van der Waals surface area contributed by atoms with Crippen molar-refractivity contribution < 1.29 is 4.74 Å². The molecule has 0 saturated heterocycles. The van der Waals surface area contributed by atoms with Gasteiger partial charge < -0.3 is 18.4 Å². The fourth-order valence-corrected chi connectivity index (χ4v) is 11.9. The fourth-order valence-electron chi connectivity index (χ4n) is 11.9. The van der Waals surface area contributed by atoms with Crippen molar-refractivity contribution in [1.82, 2.24) is 23.7 Å². The average Bonchev–Trinajstić information content (AvgIpc) is 4.14. The number of nitrogens with zero attached hydrogens (tertiary/aromatic N) is 8. The van der Waals surface area contributed by atoms with Crippen LogP contribution in [0.25, 0.3) is 104 Å². The molecule has 0 radical (unpaired) electrons. The van der Waals surface area contributed by atoms with Gasteiger partial charge in [-0.25, -0.2) is 9.69 Å². The van der Waals surface area contributed by atoms with Gasteiger partial charge in [0.05, 0.1) is 98.4 Å². The van der Waals surface area contributed by atoms with E-state index in [0.29, 0.717) is 22.7 Å². The summed E-state index contributed by atoms with van der Waals surface area (Å²) in [6.07, 6.45) is 3.90. The fraction of sp³-hybridized carbons (Fsp3) is 0.0161. The molecule has 5 aromatic heterocycles. The van der Waals surface area contributed by atoms with Gasteiger partial charge in [-0.1, -0.05) is 84.9 Å². The molecule has 9 heteroatoms. The van der Waals surface area contributed by atoms with Gasteiger partial charge in [-0.3, -0.25) is 9.97 Å². The zero-order valence-electron chi connectivity index (χ0n) is 37.5. The molecular formula is C62H32N8O. The van der Waals surface area contributed by atoms with Crippen molar-refractivity contribution in [2.24, 2.45) is 0 Å². The summed E-state index contributed by atoms with van der Waals surface area (Å²) >= 11 is 0. The van der Waals surface area contributed by atoms with Gasteiger partial charge in [0, 0.05) is 49.5 Å². The van der Waals surface area contributed by atoms with Crippen molar-refractivity contribution in [1.29, 1.82) is 5.26 Å². The molecular weight excluding hydrogens is 873 g/mol. The molecule has 71 heavy (non-hydrogen) atoms. The quantitative estimate of drug-likeness (QED) is 0.165. The van der Waals surface area contributed by atoms with Crippen LogP contribution in [0.15, 0.2) is 194 Å². The van der Waals surface area contributed by atoms with Crippen molar-refractivity contribution in [3.05, 3.63) is 245 Å². The van der Waals surface area contributed by atoms with Crippen LogP contribution >= 0.6 is 0 Å². The van der Waals surface area contributed by atoms with Crippen LogP contribution in [-0.4, -0.2) is 23.7 Å². The van der Waals surface area contributed by atoms with E-state index in [1.54, 1.807) is 0 Å². The lowest BCUT2D eigenvalue weighted by atomic mass is 9.66. The first-order valence-corrected chi connectivity index (χ1v) is 23.2. The predicted molar refractivity (Wildman–Crippen MR) is 280 cm³/mol. The molecule has 0 N–H and O–H groups in total. The average molecular weight is 905 g/mol. The minimum absolute atomic E-state index is 0.582. The number of rotatable bonds is 3. The Kier molecular flexibility index (Phi) is 7.72. The number of fused-ring (bicyclic) bond motifs is 18. The van der Waals surface area contributed by atoms with Crippen LogP contribution in [0.2, 0.25) is 0 Å². The van der Waals surface area contributed by atoms with Gasteiger partial charge in [0.2, 0.25) is 0 Å². The smallest absolute Gasteiger partial charge is 0.188 e. The van der Waals surface area contributed by atoms with E-state index in [2.05, 4.69) is 127 Å². The van der Waals surface area contributed by atoms with Gasteiger partial charge in [-0.15, -0.1) is 0 Å². The number of pyridine rings is 2. The highest BCUT2D eigenvalue weighted by molar-refractivity contribution is 6.12. The maximum absolute atomic E-state index is 9.99. The SMILES string of the molecule is [C-]#[N+]c1ccc2c(c1)c1ccccc1n2-c1cnc2c(c1)C1(c3ccccc3Oc3ccc(-n4c5ccccc5c5cc(C#N)ccc54)cc31)c1cc(-n3c4ccccc4c4cc([N+]#[C-])ccc43)cnc1-2. The lowest BCUT2D eigenvalue weighted by molar-refractivity contribution is 0.436. The largest absolute Gasteiger partial charge is 0.457 e. The highest BCUT2D eigenvalue weighted by Gasteiger charge is 2.53. The van der Waals surface area contributed by atoms with Crippen LogP contribution < -0.4 is 4.74 Å². The summed E-state index contributed by atoms with van der Waals surface area (Å²) < 4.78 is 13.8. The molecule has 0 unspecified atom stereocenters. The van der Waals surface area contributed by atoms with E-state index in [9.17, 15) is 5.26 Å². The Bertz CT molecular complexity index is 4500. The molecule has 326 valence electrons. The van der Waals surface area contributed by atoms with Gasteiger partial charge >= 0.3 is 0 Å². The first kappa shape index (κ1) is 38.8. The molecule has 8 aromatic carbocycles. The third-order valence-corrected chi connectivity index (χ3v) is 14.8. The van der Waals surface area contributed by atoms with E-state index in [4.69, 9.17) is 27.8 Å². The molecule has 15 rings (SSSR count). The summed E-state index contributed by atoms with van der Waals surface area (Å²) in [4.78, 5) is 18.5. The van der Waals surface area contributed by atoms with E-state index < -0.39 is 5.41 Å². The Morgan fingerprint density at radius 2 is 0.873 bits per heavy atom. The van der Waals surface area contributed by atoms with Gasteiger partial charge in [0.15, 0.2) is 11.4 Å². The number of hydrogen-bond donors (Lipinski definition) is 0. The van der Waals surface area contributed by atoms with Gasteiger partial charge in [-0.2, -0.15) is 5.26 Å². The topological polar surface area (TPSA) is 82.3 Å². The van der Waals surface area contributed by atoms with Crippen molar-refractivity contribution >= 4 is 76.8 Å². The predicted octanol–water partition coefficient (Wildman–Crippen LogP) is 15.2. The Balaban J connectivity index is 1.07. The number of benzene rings is 8. The normalized spacial score (nSPS) is 13.0. The molecule has 0 saturated carbocycles. The zero-order valence-corrected chi connectivity index (χ0v) is 37.5. The molecule has 0 fully saturated rings. The zero-order chi connectivity index (χ0) is 47.1. The molecule has 0 amide bonds. The van der Waals surface area contributed by atoms with Crippen LogP contribution in [0.3, 0.4) is 0 Å².